The Bertz CT molecular complexity index is 778. The van der Waals surface area contributed by atoms with Gasteiger partial charge in [-0.3, -0.25) is 14.5 Å². The molecule has 3 aliphatic heterocycles. The zero-order valence-corrected chi connectivity index (χ0v) is 18.9. The monoisotopic (exact) mass is 411 g/mol. The number of nitrogens with one attached hydrogen (secondary N) is 2. The van der Waals surface area contributed by atoms with Gasteiger partial charge in [0.1, 0.15) is 5.54 Å². The van der Waals surface area contributed by atoms with E-state index >= 15 is 0 Å². The van der Waals surface area contributed by atoms with Crippen molar-refractivity contribution in [3.63, 3.8) is 0 Å². The van der Waals surface area contributed by atoms with Gasteiger partial charge in [-0.05, 0) is 49.1 Å². The summed E-state index contributed by atoms with van der Waals surface area (Å²) < 4.78 is 0. The van der Waals surface area contributed by atoms with Crippen LogP contribution in [-0.4, -0.2) is 47.9 Å². The van der Waals surface area contributed by atoms with Crippen molar-refractivity contribution in [2.24, 2.45) is 29.6 Å². The first kappa shape index (κ1) is 21.4. The minimum Gasteiger partial charge on any atom is -0.354 e. The van der Waals surface area contributed by atoms with E-state index in [4.69, 9.17) is 0 Å². The van der Waals surface area contributed by atoms with E-state index in [2.05, 4.69) is 67.5 Å². The molecule has 0 spiro atoms. The van der Waals surface area contributed by atoms with Crippen LogP contribution in [0.15, 0.2) is 30.3 Å². The van der Waals surface area contributed by atoms with Crippen molar-refractivity contribution in [1.82, 2.24) is 15.5 Å². The van der Waals surface area contributed by atoms with E-state index in [-0.39, 0.29) is 35.6 Å². The van der Waals surface area contributed by atoms with Crippen LogP contribution in [0.5, 0.6) is 0 Å². The van der Waals surface area contributed by atoms with E-state index in [1.807, 2.05) is 6.07 Å². The summed E-state index contributed by atoms with van der Waals surface area (Å²) in [6.45, 7) is 11.3. The number of nitrogens with zero attached hydrogens (tertiary/aromatic N) is 1. The Balaban J connectivity index is 1.68. The molecule has 5 heteroatoms. The Kier molecular flexibility index (Phi) is 5.93. The highest BCUT2D eigenvalue weighted by molar-refractivity contribution is 5.96. The smallest absolute Gasteiger partial charge is 0.246 e. The lowest BCUT2D eigenvalue weighted by atomic mass is 9.57. The van der Waals surface area contributed by atoms with Gasteiger partial charge in [0, 0.05) is 25.0 Å². The van der Waals surface area contributed by atoms with Gasteiger partial charge in [-0.1, -0.05) is 58.0 Å². The molecule has 3 heterocycles. The SMILES string of the molecule is CC(C)CCN1C[C@H]2C[C@]3(C(=O)NCC(C)C)NC(=O)[C@H]2[C@@H]1[C@@H]3Cc1ccccc1. The van der Waals surface area contributed by atoms with Crippen LogP contribution in [0, 0.1) is 29.6 Å². The molecule has 0 radical (unpaired) electrons. The van der Waals surface area contributed by atoms with Crippen LogP contribution in [0.3, 0.4) is 0 Å². The summed E-state index contributed by atoms with van der Waals surface area (Å²) in [6, 6.07) is 10.6. The Morgan fingerprint density at radius 1 is 1.20 bits per heavy atom. The molecule has 2 N–H and O–H groups in total. The van der Waals surface area contributed by atoms with Crippen molar-refractivity contribution < 1.29 is 9.59 Å². The van der Waals surface area contributed by atoms with Gasteiger partial charge in [-0.2, -0.15) is 0 Å². The molecule has 4 aliphatic rings. The molecule has 5 rings (SSSR count). The Morgan fingerprint density at radius 3 is 2.60 bits per heavy atom. The van der Waals surface area contributed by atoms with Crippen molar-refractivity contribution in [2.45, 2.75) is 58.5 Å². The molecule has 0 unspecified atom stereocenters. The quantitative estimate of drug-likeness (QED) is 0.692. The van der Waals surface area contributed by atoms with Gasteiger partial charge in [-0.15, -0.1) is 0 Å². The van der Waals surface area contributed by atoms with Crippen LogP contribution in [0.1, 0.15) is 46.1 Å². The number of likely N-dealkylation sites (tertiary alicyclic amines) is 1. The van der Waals surface area contributed by atoms with E-state index in [0.717, 1.165) is 32.4 Å². The first-order valence-electron chi connectivity index (χ1n) is 11.7. The van der Waals surface area contributed by atoms with Crippen molar-refractivity contribution in [1.29, 1.82) is 0 Å². The first-order valence-corrected chi connectivity index (χ1v) is 11.7. The van der Waals surface area contributed by atoms with E-state index < -0.39 is 5.54 Å². The van der Waals surface area contributed by atoms with Crippen molar-refractivity contribution >= 4 is 11.8 Å². The third kappa shape index (κ3) is 3.77. The number of amides is 2. The molecule has 1 saturated carbocycles. The standard InChI is InChI=1S/C25H37N3O2/c1-16(2)10-11-28-15-19-13-25(24(30)26-14-17(3)4)20(12-18-8-6-5-7-9-18)22(28)21(19)23(29)27-25/h5-9,16-17,19-22H,10-15H2,1-4H3,(H,26,30)(H,27,29)/t19-,20+,21-,22+,25+/m1/s1. The zero-order valence-electron chi connectivity index (χ0n) is 18.9. The number of carbonyl (C=O) groups is 2. The topological polar surface area (TPSA) is 61.4 Å². The minimum atomic E-state index is -0.793. The highest BCUT2D eigenvalue weighted by Crippen LogP contribution is 2.53. The van der Waals surface area contributed by atoms with Crippen molar-refractivity contribution in [3.8, 4) is 0 Å². The fraction of sp³-hybridized carbons (Fsp3) is 0.680. The summed E-state index contributed by atoms with van der Waals surface area (Å²) in [5.74, 6) is 1.52. The summed E-state index contributed by atoms with van der Waals surface area (Å²) in [5.41, 5.74) is 0.450. The van der Waals surface area contributed by atoms with Crippen LogP contribution in [-0.2, 0) is 16.0 Å². The van der Waals surface area contributed by atoms with Crippen molar-refractivity contribution in [3.05, 3.63) is 35.9 Å². The summed E-state index contributed by atoms with van der Waals surface area (Å²) in [6.07, 6.45) is 2.71. The predicted octanol–water partition coefficient (Wildman–Crippen LogP) is 2.85. The highest BCUT2D eigenvalue weighted by Gasteiger charge is 2.67. The van der Waals surface area contributed by atoms with Gasteiger partial charge in [0.25, 0.3) is 0 Å². The summed E-state index contributed by atoms with van der Waals surface area (Å²) >= 11 is 0. The number of benzene rings is 1. The molecule has 3 saturated heterocycles. The van der Waals surface area contributed by atoms with Gasteiger partial charge >= 0.3 is 0 Å². The third-order valence-corrected chi connectivity index (χ3v) is 7.41. The van der Waals surface area contributed by atoms with Crippen molar-refractivity contribution in [2.75, 3.05) is 19.6 Å². The largest absolute Gasteiger partial charge is 0.354 e. The Labute approximate surface area is 181 Å². The summed E-state index contributed by atoms with van der Waals surface area (Å²) in [5, 5.41) is 6.40. The minimum absolute atomic E-state index is 0.0179. The lowest BCUT2D eigenvalue weighted by molar-refractivity contribution is -0.154. The van der Waals surface area contributed by atoms with Crippen LogP contribution >= 0.6 is 0 Å². The van der Waals surface area contributed by atoms with Crippen LogP contribution in [0.25, 0.3) is 0 Å². The molecular formula is C25H37N3O2. The van der Waals surface area contributed by atoms with Gasteiger partial charge < -0.3 is 10.6 Å². The maximum Gasteiger partial charge on any atom is 0.246 e. The molecule has 164 valence electrons. The van der Waals surface area contributed by atoms with E-state index in [0.29, 0.717) is 18.4 Å². The second kappa shape index (κ2) is 8.33. The molecule has 1 aromatic carbocycles. The molecule has 30 heavy (non-hydrogen) atoms. The molecule has 0 aromatic heterocycles. The molecule has 1 aromatic rings. The number of carbonyl (C=O) groups excluding carboxylic acids is 2. The molecule has 5 nitrogen and oxygen atoms in total. The number of rotatable bonds is 8. The maximum atomic E-state index is 13.6. The number of hydrogen-bond acceptors (Lipinski definition) is 3. The zero-order chi connectivity index (χ0) is 21.5. The van der Waals surface area contributed by atoms with Gasteiger partial charge in [0.15, 0.2) is 0 Å². The fourth-order valence-corrected chi connectivity index (χ4v) is 6.01. The molecule has 1 aliphatic carbocycles. The molecule has 4 bridgehead atoms. The summed E-state index contributed by atoms with van der Waals surface area (Å²) in [7, 11) is 0. The van der Waals surface area contributed by atoms with Gasteiger partial charge in [0.2, 0.25) is 11.8 Å². The average molecular weight is 412 g/mol. The van der Waals surface area contributed by atoms with E-state index in [1.165, 1.54) is 5.56 Å². The lowest BCUT2D eigenvalue weighted by Crippen LogP contribution is -2.76. The molecule has 5 atom stereocenters. The maximum absolute atomic E-state index is 13.6. The normalized spacial score (nSPS) is 32.7. The second-order valence-electron chi connectivity index (χ2n) is 10.5. The molecule has 4 fully saturated rings. The molecular weight excluding hydrogens is 374 g/mol. The fourth-order valence-electron chi connectivity index (χ4n) is 6.01. The van der Waals surface area contributed by atoms with Gasteiger partial charge in [0.05, 0.1) is 5.92 Å². The highest BCUT2D eigenvalue weighted by atomic mass is 16.2. The first-order chi connectivity index (χ1) is 14.3. The van der Waals surface area contributed by atoms with Crippen LogP contribution < -0.4 is 10.6 Å². The Hall–Kier alpha value is -1.88. The Morgan fingerprint density at radius 2 is 1.93 bits per heavy atom. The third-order valence-electron chi connectivity index (χ3n) is 7.41. The van der Waals surface area contributed by atoms with E-state index in [1.54, 1.807) is 0 Å². The number of hydrogen-bond donors (Lipinski definition) is 2. The number of piperidine rings is 2. The van der Waals surface area contributed by atoms with E-state index in [9.17, 15) is 9.59 Å². The van der Waals surface area contributed by atoms with Gasteiger partial charge in [-0.25, -0.2) is 0 Å². The predicted molar refractivity (Wildman–Crippen MR) is 119 cm³/mol. The number of fused-ring (bicyclic) bond motifs is 1. The average Bonchev–Trinajstić information content (AvgIpc) is 3.02. The van der Waals surface area contributed by atoms with Crippen LogP contribution in [0.2, 0.25) is 0 Å². The lowest BCUT2D eigenvalue weighted by Gasteiger charge is -2.55. The molecule has 2 amide bonds. The second-order valence-corrected chi connectivity index (χ2v) is 10.5. The summed E-state index contributed by atoms with van der Waals surface area (Å²) in [4.78, 5) is 29.2. The van der Waals surface area contributed by atoms with Crippen LogP contribution in [0.4, 0.5) is 0 Å².